The van der Waals surface area contributed by atoms with E-state index >= 15 is 0 Å². The smallest absolute Gasteiger partial charge is 0.257 e. The summed E-state index contributed by atoms with van der Waals surface area (Å²) in [4.78, 5) is 29.5. The minimum atomic E-state index is -0.306. The van der Waals surface area contributed by atoms with E-state index in [1.807, 2.05) is 36.4 Å². The molecule has 38 heavy (non-hydrogen) atoms. The fourth-order valence-electron chi connectivity index (χ4n) is 4.25. The lowest BCUT2D eigenvalue weighted by molar-refractivity contribution is -0.116. The summed E-state index contributed by atoms with van der Waals surface area (Å²) in [5.74, 6) is 0.0388. The Morgan fingerprint density at radius 1 is 0.842 bits per heavy atom. The van der Waals surface area contributed by atoms with Gasteiger partial charge in [0.2, 0.25) is 5.91 Å². The van der Waals surface area contributed by atoms with Gasteiger partial charge >= 0.3 is 0 Å². The number of para-hydroxylation sites is 2. The summed E-state index contributed by atoms with van der Waals surface area (Å²) in [6.07, 6.45) is 3.05. The number of benzene rings is 3. The molecule has 2 amide bonds. The van der Waals surface area contributed by atoms with Crippen LogP contribution in [0, 0.1) is 0 Å². The Kier molecular flexibility index (Phi) is 7.31. The van der Waals surface area contributed by atoms with E-state index in [0.29, 0.717) is 45.9 Å². The Hall–Kier alpha value is -4.33. The maximum atomic E-state index is 12.7. The zero-order valence-electron chi connectivity index (χ0n) is 20.1. The molecule has 0 saturated heterocycles. The molecule has 3 aromatic carbocycles. The van der Waals surface area contributed by atoms with Crippen molar-refractivity contribution in [2.45, 2.75) is 0 Å². The number of nitrogens with one attached hydrogen (secondary N) is 3. The normalized spacial score (nSPS) is 11.4. The van der Waals surface area contributed by atoms with Gasteiger partial charge < -0.3 is 21.7 Å². The summed E-state index contributed by atoms with van der Waals surface area (Å²) in [5.41, 5.74) is 11.9. The number of carbonyl (C=O) groups is 2. The average molecular weight is 544 g/mol. The van der Waals surface area contributed by atoms with E-state index in [0.717, 1.165) is 27.8 Å². The number of carbonyl (C=O) groups excluding carboxylic acids is 2. The highest BCUT2D eigenvalue weighted by Crippen LogP contribution is 2.45. The molecule has 0 saturated carbocycles. The number of nitrogen functional groups attached to an aromatic ring is 1. The van der Waals surface area contributed by atoms with Gasteiger partial charge in [-0.15, -0.1) is 0 Å². The monoisotopic (exact) mass is 543 g/mol. The second-order valence-electron chi connectivity index (χ2n) is 8.63. The van der Waals surface area contributed by atoms with Gasteiger partial charge in [0.25, 0.3) is 5.91 Å². The lowest BCUT2D eigenvalue weighted by Crippen LogP contribution is -2.27. The molecule has 0 fully saturated rings. The third-order valence-electron chi connectivity index (χ3n) is 6.07. The van der Waals surface area contributed by atoms with Crippen LogP contribution in [-0.4, -0.2) is 29.9 Å². The molecular weight excluding hydrogens is 521 g/mol. The Morgan fingerprint density at radius 2 is 1.53 bits per heavy atom. The van der Waals surface area contributed by atoms with E-state index < -0.39 is 0 Å². The summed E-state index contributed by atoms with van der Waals surface area (Å²) in [7, 11) is 0. The molecule has 1 aromatic heterocycles. The molecule has 7 nitrogen and oxygen atoms in total. The van der Waals surface area contributed by atoms with Crippen molar-refractivity contribution >= 4 is 57.8 Å². The lowest BCUT2D eigenvalue weighted by Gasteiger charge is -2.09. The first-order valence-corrected chi connectivity index (χ1v) is 12.6. The van der Waals surface area contributed by atoms with E-state index in [2.05, 4.69) is 20.9 Å². The van der Waals surface area contributed by atoms with E-state index in [9.17, 15) is 9.59 Å². The second-order valence-corrected chi connectivity index (χ2v) is 9.50. The zero-order valence-corrected chi connectivity index (χ0v) is 21.6. The SMILES string of the molecule is Nc1ccccc1NC(=O)c1ccc(NCCNC(=O)C=C2c3cc(Cl)ccc3-c3ccc(Cl)cc32)nc1. The molecule has 1 heterocycles. The fourth-order valence-corrected chi connectivity index (χ4v) is 4.59. The van der Waals surface area contributed by atoms with Crippen molar-refractivity contribution in [1.82, 2.24) is 10.3 Å². The predicted molar refractivity (Wildman–Crippen MR) is 154 cm³/mol. The van der Waals surface area contributed by atoms with Crippen LogP contribution in [-0.2, 0) is 4.79 Å². The van der Waals surface area contributed by atoms with Crippen LogP contribution in [0.3, 0.4) is 0 Å². The lowest BCUT2D eigenvalue weighted by atomic mass is 10.0. The van der Waals surface area contributed by atoms with Crippen molar-refractivity contribution in [3.63, 3.8) is 0 Å². The van der Waals surface area contributed by atoms with Gasteiger partial charge in [-0.3, -0.25) is 9.59 Å². The van der Waals surface area contributed by atoms with Crippen LogP contribution in [0.1, 0.15) is 21.5 Å². The predicted octanol–water partition coefficient (Wildman–Crippen LogP) is 5.86. The topological polar surface area (TPSA) is 109 Å². The molecule has 0 radical (unpaired) electrons. The highest BCUT2D eigenvalue weighted by atomic mass is 35.5. The molecule has 4 aromatic rings. The molecule has 0 bridgehead atoms. The number of fused-ring (bicyclic) bond motifs is 3. The Morgan fingerprint density at radius 3 is 2.16 bits per heavy atom. The number of nitrogens with zero attached hydrogens (tertiary/aromatic N) is 1. The van der Waals surface area contributed by atoms with Crippen LogP contribution < -0.4 is 21.7 Å². The van der Waals surface area contributed by atoms with Gasteiger partial charge in [0, 0.05) is 35.4 Å². The number of hydrogen-bond acceptors (Lipinski definition) is 5. The minimum Gasteiger partial charge on any atom is -0.397 e. The maximum Gasteiger partial charge on any atom is 0.257 e. The van der Waals surface area contributed by atoms with Gasteiger partial charge in [-0.1, -0.05) is 47.5 Å². The first-order chi connectivity index (χ1) is 18.4. The maximum absolute atomic E-state index is 12.7. The average Bonchev–Trinajstić information content (AvgIpc) is 3.19. The largest absolute Gasteiger partial charge is 0.397 e. The van der Waals surface area contributed by atoms with Gasteiger partial charge in [-0.2, -0.15) is 0 Å². The Labute approximate surface area is 229 Å². The third kappa shape index (κ3) is 5.49. The standard InChI is InChI=1S/C29H23Cl2N5O2/c30-18-6-8-20-21-9-7-19(31)14-23(21)24(22(20)13-18)15-28(37)34-12-11-33-27-10-5-17(16-35-27)29(38)36-26-4-2-1-3-25(26)32/h1-10,13-16H,11-12,32H2,(H,33,35)(H,34,37)(H,36,38). The van der Waals surface area contributed by atoms with Crippen LogP contribution in [0.5, 0.6) is 0 Å². The second kappa shape index (κ2) is 11.0. The molecular formula is C29H23Cl2N5O2. The van der Waals surface area contributed by atoms with Crippen molar-refractivity contribution in [3.8, 4) is 11.1 Å². The molecule has 5 N–H and O–H groups in total. The summed E-state index contributed by atoms with van der Waals surface area (Å²) in [6.45, 7) is 0.809. The third-order valence-corrected chi connectivity index (χ3v) is 6.54. The molecule has 0 atom stereocenters. The van der Waals surface area contributed by atoms with Gasteiger partial charge in [0.15, 0.2) is 0 Å². The summed E-state index contributed by atoms with van der Waals surface area (Å²) < 4.78 is 0. The highest BCUT2D eigenvalue weighted by Gasteiger charge is 2.24. The number of amides is 2. The van der Waals surface area contributed by atoms with Crippen molar-refractivity contribution < 1.29 is 9.59 Å². The van der Waals surface area contributed by atoms with Crippen molar-refractivity contribution in [1.29, 1.82) is 0 Å². The first kappa shape index (κ1) is 25.3. The highest BCUT2D eigenvalue weighted by molar-refractivity contribution is 6.32. The number of nitrogens with two attached hydrogens (primary N) is 1. The van der Waals surface area contributed by atoms with Crippen LogP contribution in [0.2, 0.25) is 10.0 Å². The molecule has 190 valence electrons. The quantitative estimate of drug-likeness (QED) is 0.117. The summed E-state index contributed by atoms with van der Waals surface area (Å²) in [5, 5.41) is 9.98. The van der Waals surface area contributed by atoms with E-state index in [4.69, 9.17) is 28.9 Å². The van der Waals surface area contributed by atoms with Gasteiger partial charge in [-0.05, 0) is 76.4 Å². The van der Waals surface area contributed by atoms with E-state index in [1.54, 1.807) is 42.5 Å². The number of hydrogen-bond donors (Lipinski definition) is 4. The Bertz CT molecular complexity index is 1510. The van der Waals surface area contributed by atoms with Crippen LogP contribution in [0.25, 0.3) is 16.7 Å². The number of halogens is 2. The molecule has 0 unspecified atom stereocenters. The first-order valence-electron chi connectivity index (χ1n) is 11.8. The van der Waals surface area contributed by atoms with Gasteiger partial charge in [-0.25, -0.2) is 4.98 Å². The fraction of sp³-hybridized carbons (Fsp3) is 0.0690. The van der Waals surface area contributed by atoms with Gasteiger partial charge in [0.05, 0.1) is 16.9 Å². The van der Waals surface area contributed by atoms with Crippen molar-refractivity contribution in [2.24, 2.45) is 0 Å². The number of aromatic nitrogens is 1. The van der Waals surface area contributed by atoms with Crippen molar-refractivity contribution in [3.05, 3.63) is 112 Å². The summed E-state index contributed by atoms with van der Waals surface area (Å²) in [6, 6.07) is 21.7. The van der Waals surface area contributed by atoms with Gasteiger partial charge in [0.1, 0.15) is 5.82 Å². The molecule has 9 heteroatoms. The molecule has 1 aliphatic rings. The van der Waals surface area contributed by atoms with Crippen LogP contribution in [0.15, 0.2) is 85.1 Å². The van der Waals surface area contributed by atoms with Crippen LogP contribution >= 0.6 is 23.2 Å². The number of anilines is 3. The number of pyridine rings is 1. The van der Waals surface area contributed by atoms with E-state index in [-0.39, 0.29) is 11.8 Å². The molecule has 0 spiro atoms. The van der Waals surface area contributed by atoms with Crippen molar-refractivity contribution in [2.75, 3.05) is 29.5 Å². The number of rotatable bonds is 7. The zero-order chi connectivity index (χ0) is 26.6. The molecule has 1 aliphatic carbocycles. The Balaban J connectivity index is 1.17. The van der Waals surface area contributed by atoms with Crippen LogP contribution in [0.4, 0.5) is 17.2 Å². The van der Waals surface area contributed by atoms with E-state index in [1.165, 1.54) is 6.20 Å². The minimum absolute atomic E-state index is 0.235. The molecule has 5 rings (SSSR count). The summed E-state index contributed by atoms with van der Waals surface area (Å²) >= 11 is 12.5. The molecule has 0 aliphatic heterocycles.